The lowest BCUT2D eigenvalue weighted by atomic mass is 9.62. The number of aromatic nitrogens is 1. The van der Waals surface area contributed by atoms with Crippen LogP contribution in [0.15, 0.2) is 42.1 Å². The van der Waals surface area contributed by atoms with Crippen molar-refractivity contribution in [3.05, 3.63) is 52.8 Å². The Bertz CT molecular complexity index is 983. The molecule has 1 saturated heterocycles. The number of rotatable bonds is 1. The van der Waals surface area contributed by atoms with Crippen LogP contribution in [0.1, 0.15) is 30.8 Å². The molecule has 1 amide bonds. The van der Waals surface area contributed by atoms with Gasteiger partial charge in [0.1, 0.15) is 5.69 Å². The highest BCUT2D eigenvalue weighted by Gasteiger charge is 2.47. The minimum absolute atomic E-state index is 0.0107. The number of carbonyl (C=O) groups excluding carboxylic acids is 2. The third kappa shape index (κ3) is 3.00. The third-order valence-electron chi connectivity index (χ3n) is 5.99. The van der Waals surface area contributed by atoms with Gasteiger partial charge in [0.15, 0.2) is 5.78 Å². The number of piperidine rings is 1. The molecule has 0 saturated carbocycles. The van der Waals surface area contributed by atoms with E-state index in [1.54, 1.807) is 18.2 Å². The molecule has 6 heteroatoms. The minimum atomic E-state index is -0.489. The first-order chi connectivity index (χ1) is 12.8. The van der Waals surface area contributed by atoms with Crippen molar-refractivity contribution in [3.63, 3.8) is 0 Å². The molecule has 2 aromatic rings. The van der Waals surface area contributed by atoms with Crippen LogP contribution < -0.4 is 5.73 Å². The standard InChI is InChI=1S/C21H22ClN3O2/c1-21(2)15-7-8-25(11-13(15)9-16(23)19(21)26)20(27)17-6-4-12-3-5-14(22)10-18(12)24-17/h3-6,9-10,13,15H,7-8,11,23H2,1-2H3. The number of nitrogens with zero attached hydrogens (tertiary/aromatic N) is 2. The molecule has 5 nitrogen and oxygen atoms in total. The molecule has 2 atom stereocenters. The van der Waals surface area contributed by atoms with Gasteiger partial charge >= 0.3 is 0 Å². The first-order valence-electron chi connectivity index (χ1n) is 9.15. The Kier molecular flexibility index (Phi) is 4.22. The summed E-state index contributed by atoms with van der Waals surface area (Å²) in [5.41, 5.74) is 6.89. The van der Waals surface area contributed by atoms with Gasteiger partial charge in [-0.15, -0.1) is 0 Å². The largest absolute Gasteiger partial charge is 0.396 e. The highest BCUT2D eigenvalue weighted by Crippen LogP contribution is 2.44. The minimum Gasteiger partial charge on any atom is -0.396 e. The Morgan fingerprint density at radius 3 is 2.81 bits per heavy atom. The summed E-state index contributed by atoms with van der Waals surface area (Å²) < 4.78 is 0. The van der Waals surface area contributed by atoms with Gasteiger partial charge < -0.3 is 10.6 Å². The quantitative estimate of drug-likeness (QED) is 0.818. The second-order valence-electron chi connectivity index (χ2n) is 8.02. The third-order valence-corrected chi connectivity index (χ3v) is 6.22. The molecular formula is C21H22ClN3O2. The number of likely N-dealkylation sites (tertiary alicyclic amines) is 1. The lowest BCUT2D eigenvalue weighted by molar-refractivity contribution is -0.129. The van der Waals surface area contributed by atoms with Crippen LogP contribution in [0.4, 0.5) is 0 Å². The summed E-state index contributed by atoms with van der Waals surface area (Å²) in [6, 6.07) is 9.10. The van der Waals surface area contributed by atoms with Crippen LogP contribution in [0, 0.1) is 17.3 Å². The van der Waals surface area contributed by atoms with E-state index in [2.05, 4.69) is 4.98 Å². The van der Waals surface area contributed by atoms with Crippen LogP contribution >= 0.6 is 11.6 Å². The average Bonchev–Trinajstić information content (AvgIpc) is 2.65. The molecule has 1 fully saturated rings. The summed E-state index contributed by atoms with van der Waals surface area (Å²) in [6.07, 6.45) is 2.61. The highest BCUT2D eigenvalue weighted by molar-refractivity contribution is 6.31. The Labute approximate surface area is 163 Å². The van der Waals surface area contributed by atoms with Gasteiger partial charge in [0, 0.05) is 34.8 Å². The second-order valence-corrected chi connectivity index (χ2v) is 8.45. The summed E-state index contributed by atoms with van der Waals surface area (Å²) in [6.45, 7) is 5.08. The van der Waals surface area contributed by atoms with Crippen molar-refractivity contribution < 1.29 is 9.59 Å². The first-order valence-corrected chi connectivity index (χ1v) is 9.53. The van der Waals surface area contributed by atoms with Crippen LogP contribution in [0.2, 0.25) is 5.02 Å². The van der Waals surface area contributed by atoms with Gasteiger partial charge in [-0.05, 0) is 30.5 Å². The summed E-state index contributed by atoms with van der Waals surface area (Å²) in [4.78, 5) is 31.7. The number of ketones is 1. The number of pyridine rings is 1. The highest BCUT2D eigenvalue weighted by atomic mass is 35.5. The zero-order chi connectivity index (χ0) is 19.3. The number of amides is 1. The van der Waals surface area contributed by atoms with Crippen LogP contribution in [-0.2, 0) is 4.79 Å². The van der Waals surface area contributed by atoms with Crippen molar-refractivity contribution in [2.75, 3.05) is 13.1 Å². The van der Waals surface area contributed by atoms with Gasteiger partial charge in [-0.2, -0.15) is 0 Å². The van der Waals surface area contributed by atoms with Crippen molar-refractivity contribution in [3.8, 4) is 0 Å². The molecule has 1 aliphatic carbocycles. The van der Waals surface area contributed by atoms with Crippen LogP contribution in [0.5, 0.6) is 0 Å². The van der Waals surface area contributed by atoms with Crippen LogP contribution in [0.25, 0.3) is 10.9 Å². The molecule has 0 spiro atoms. The predicted molar refractivity (Wildman–Crippen MR) is 105 cm³/mol. The van der Waals surface area contributed by atoms with E-state index in [1.165, 1.54) is 0 Å². The molecule has 1 aromatic heterocycles. The predicted octanol–water partition coefficient (Wildman–Crippen LogP) is 3.42. The SMILES string of the molecule is CC1(C)C(=O)C(N)=CC2CN(C(=O)c3ccc4ccc(Cl)cc4n3)CCC21. The Morgan fingerprint density at radius 1 is 1.30 bits per heavy atom. The number of halogens is 1. The van der Waals surface area contributed by atoms with E-state index in [9.17, 15) is 9.59 Å². The number of benzene rings is 1. The fourth-order valence-electron chi connectivity index (χ4n) is 4.45. The maximum atomic E-state index is 13.0. The summed E-state index contributed by atoms with van der Waals surface area (Å²) in [5, 5.41) is 1.54. The molecular weight excluding hydrogens is 362 g/mol. The first kappa shape index (κ1) is 18.0. The molecule has 2 unspecified atom stereocenters. The van der Waals surface area contributed by atoms with E-state index >= 15 is 0 Å². The van der Waals surface area contributed by atoms with E-state index in [0.717, 1.165) is 11.8 Å². The zero-order valence-electron chi connectivity index (χ0n) is 15.4. The zero-order valence-corrected chi connectivity index (χ0v) is 16.2. The van der Waals surface area contributed by atoms with Gasteiger partial charge in [-0.3, -0.25) is 9.59 Å². The molecule has 1 aromatic carbocycles. The second kappa shape index (κ2) is 6.34. The molecule has 1 aliphatic heterocycles. The molecule has 2 heterocycles. The number of Topliss-reactive ketones (excluding diaryl/α,β-unsaturated/α-hetero) is 1. The number of fused-ring (bicyclic) bond motifs is 2. The molecule has 2 N–H and O–H groups in total. The number of hydrogen-bond donors (Lipinski definition) is 1. The fraction of sp³-hybridized carbons (Fsp3) is 0.381. The van der Waals surface area contributed by atoms with Crippen LogP contribution in [0.3, 0.4) is 0 Å². The summed E-state index contributed by atoms with van der Waals surface area (Å²) in [7, 11) is 0. The van der Waals surface area contributed by atoms with Crippen molar-refractivity contribution >= 4 is 34.2 Å². The van der Waals surface area contributed by atoms with E-state index in [4.69, 9.17) is 17.3 Å². The van der Waals surface area contributed by atoms with E-state index in [0.29, 0.717) is 35.0 Å². The van der Waals surface area contributed by atoms with Gasteiger partial charge in [-0.25, -0.2) is 4.98 Å². The number of nitrogens with two attached hydrogens (primary N) is 1. The number of carbonyl (C=O) groups is 2. The molecule has 0 radical (unpaired) electrons. The van der Waals surface area contributed by atoms with Crippen molar-refractivity contribution in [2.24, 2.45) is 23.0 Å². The molecule has 27 heavy (non-hydrogen) atoms. The topological polar surface area (TPSA) is 76.3 Å². The maximum absolute atomic E-state index is 13.0. The monoisotopic (exact) mass is 383 g/mol. The van der Waals surface area contributed by atoms with E-state index in [1.807, 2.05) is 37.0 Å². The normalized spacial score (nSPS) is 24.5. The Morgan fingerprint density at radius 2 is 2.04 bits per heavy atom. The molecule has 2 aliphatic rings. The number of hydrogen-bond acceptors (Lipinski definition) is 4. The van der Waals surface area contributed by atoms with Gasteiger partial charge in [0.05, 0.1) is 11.2 Å². The molecule has 4 rings (SSSR count). The van der Waals surface area contributed by atoms with E-state index < -0.39 is 5.41 Å². The number of allylic oxidation sites excluding steroid dienone is 1. The van der Waals surface area contributed by atoms with E-state index in [-0.39, 0.29) is 23.5 Å². The summed E-state index contributed by atoms with van der Waals surface area (Å²) in [5.74, 6) is 0.198. The molecule has 140 valence electrons. The van der Waals surface area contributed by atoms with Crippen molar-refractivity contribution in [2.45, 2.75) is 20.3 Å². The maximum Gasteiger partial charge on any atom is 0.272 e. The molecule has 0 bridgehead atoms. The van der Waals surface area contributed by atoms with Crippen molar-refractivity contribution in [1.29, 1.82) is 0 Å². The summed E-state index contributed by atoms with van der Waals surface area (Å²) >= 11 is 6.05. The fourth-order valence-corrected chi connectivity index (χ4v) is 4.62. The van der Waals surface area contributed by atoms with Gasteiger partial charge in [0.25, 0.3) is 5.91 Å². The smallest absolute Gasteiger partial charge is 0.272 e. The lowest BCUT2D eigenvalue weighted by Crippen LogP contribution is -2.52. The lowest BCUT2D eigenvalue weighted by Gasteiger charge is -2.46. The van der Waals surface area contributed by atoms with Crippen molar-refractivity contribution in [1.82, 2.24) is 9.88 Å². The Balaban J connectivity index is 1.60. The van der Waals surface area contributed by atoms with Gasteiger partial charge in [0.2, 0.25) is 0 Å². The average molecular weight is 384 g/mol. The van der Waals surface area contributed by atoms with Crippen LogP contribution in [-0.4, -0.2) is 34.7 Å². The Hall–Kier alpha value is -2.40. The van der Waals surface area contributed by atoms with Gasteiger partial charge in [-0.1, -0.05) is 43.7 Å².